The van der Waals surface area contributed by atoms with Crippen molar-refractivity contribution in [3.63, 3.8) is 0 Å². The molecule has 1 atom stereocenters. The normalized spacial score (nSPS) is 12.4. The first-order valence-corrected chi connectivity index (χ1v) is 8.18. The summed E-state index contributed by atoms with van der Waals surface area (Å²) in [6, 6.07) is 12.8. The van der Waals surface area contributed by atoms with Gasteiger partial charge in [-0.05, 0) is 42.3 Å². The van der Waals surface area contributed by atoms with Gasteiger partial charge in [0.1, 0.15) is 5.82 Å². The lowest BCUT2D eigenvalue weighted by atomic mass is 9.92. The molecule has 0 amide bonds. The van der Waals surface area contributed by atoms with Crippen molar-refractivity contribution in [1.82, 2.24) is 5.32 Å². The molecule has 0 heterocycles. The second-order valence-corrected chi connectivity index (χ2v) is 6.23. The number of nitrogens with one attached hydrogen (secondary N) is 1. The van der Waals surface area contributed by atoms with Crippen LogP contribution in [0, 0.1) is 5.82 Å². The third-order valence-electron chi connectivity index (χ3n) is 3.47. The van der Waals surface area contributed by atoms with Crippen LogP contribution in [0.1, 0.15) is 24.0 Å². The smallest absolute Gasteiger partial charge is 0.124 e. The average molecular weight is 371 g/mol. The Morgan fingerprint density at radius 1 is 1.24 bits per heavy atom. The summed E-state index contributed by atoms with van der Waals surface area (Å²) in [4.78, 5) is 0. The van der Waals surface area contributed by atoms with Crippen LogP contribution in [-0.2, 0) is 6.42 Å². The van der Waals surface area contributed by atoms with Crippen molar-refractivity contribution >= 4 is 27.5 Å². The Labute approximate surface area is 138 Å². The van der Waals surface area contributed by atoms with E-state index in [1.165, 1.54) is 17.7 Å². The topological polar surface area (TPSA) is 12.0 Å². The number of likely N-dealkylation sites (N-methyl/N-ethyl adjacent to an activating group) is 1. The van der Waals surface area contributed by atoms with Gasteiger partial charge in [0, 0.05) is 22.0 Å². The number of rotatable bonds is 6. The molecule has 0 aliphatic carbocycles. The summed E-state index contributed by atoms with van der Waals surface area (Å²) in [7, 11) is 0. The molecule has 0 saturated carbocycles. The minimum absolute atomic E-state index is 0.281. The van der Waals surface area contributed by atoms with E-state index in [4.69, 9.17) is 11.6 Å². The summed E-state index contributed by atoms with van der Waals surface area (Å²) in [6.07, 6.45) is 0.773. The molecule has 2 aromatic rings. The molecule has 21 heavy (non-hydrogen) atoms. The molecule has 0 fully saturated rings. The zero-order valence-corrected chi connectivity index (χ0v) is 14.2. The molecule has 2 rings (SSSR count). The van der Waals surface area contributed by atoms with Crippen molar-refractivity contribution in [2.45, 2.75) is 19.3 Å². The van der Waals surface area contributed by atoms with E-state index in [1.54, 1.807) is 6.07 Å². The molecule has 0 bridgehead atoms. The Hall–Kier alpha value is -0.900. The molecular weight excluding hydrogens is 353 g/mol. The quantitative estimate of drug-likeness (QED) is 0.739. The van der Waals surface area contributed by atoms with Crippen LogP contribution in [0.25, 0.3) is 0 Å². The van der Waals surface area contributed by atoms with E-state index >= 15 is 0 Å². The largest absolute Gasteiger partial charge is 0.316 e. The third-order valence-corrected chi connectivity index (χ3v) is 4.54. The van der Waals surface area contributed by atoms with Gasteiger partial charge >= 0.3 is 0 Å². The molecule has 0 aromatic heterocycles. The first kappa shape index (κ1) is 16.5. The number of halogens is 3. The van der Waals surface area contributed by atoms with Crippen LogP contribution in [-0.4, -0.2) is 13.1 Å². The van der Waals surface area contributed by atoms with Crippen LogP contribution in [0.15, 0.2) is 46.9 Å². The Morgan fingerprint density at radius 3 is 2.67 bits per heavy atom. The van der Waals surface area contributed by atoms with Crippen LogP contribution in [0.4, 0.5) is 4.39 Å². The van der Waals surface area contributed by atoms with Crippen LogP contribution < -0.4 is 5.32 Å². The first-order chi connectivity index (χ1) is 10.1. The second kappa shape index (κ2) is 7.92. The lowest BCUT2D eigenvalue weighted by Gasteiger charge is -2.20. The highest BCUT2D eigenvalue weighted by Crippen LogP contribution is 2.30. The Kier molecular flexibility index (Phi) is 6.22. The van der Waals surface area contributed by atoms with Gasteiger partial charge in [-0.15, -0.1) is 0 Å². The molecule has 0 saturated heterocycles. The van der Waals surface area contributed by atoms with Crippen molar-refractivity contribution in [2.24, 2.45) is 0 Å². The molecule has 2 aromatic carbocycles. The van der Waals surface area contributed by atoms with Crippen molar-refractivity contribution in [3.05, 3.63) is 68.9 Å². The summed E-state index contributed by atoms with van der Waals surface area (Å²) in [6.45, 7) is 3.85. The molecule has 0 spiro atoms. The van der Waals surface area contributed by atoms with Gasteiger partial charge in [-0.25, -0.2) is 4.39 Å². The highest BCUT2D eigenvalue weighted by atomic mass is 79.9. The van der Waals surface area contributed by atoms with Gasteiger partial charge in [-0.2, -0.15) is 0 Å². The number of hydrogen-bond acceptors (Lipinski definition) is 1. The predicted octanol–water partition coefficient (Wildman–Crippen LogP) is 5.18. The van der Waals surface area contributed by atoms with Gasteiger partial charge in [0.15, 0.2) is 0 Å². The molecule has 4 heteroatoms. The minimum Gasteiger partial charge on any atom is -0.316 e. The molecule has 0 radical (unpaired) electrons. The molecule has 0 aliphatic rings. The van der Waals surface area contributed by atoms with Gasteiger partial charge in [0.2, 0.25) is 0 Å². The average Bonchev–Trinajstić information content (AvgIpc) is 2.46. The van der Waals surface area contributed by atoms with Crippen LogP contribution in [0.2, 0.25) is 5.02 Å². The molecule has 0 aliphatic heterocycles. The van der Waals surface area contributed by atoms with Crippen molar-refractivity contribution in [3.8, 4) is 0 Å². The monoisotopic (exact) mass is 369 g/mol. The molecule has 112 valence electrons. The van der Waals surface area contributed by atoms with Crippen LogP contribution in [0.3, 0.4) is 0 Å². The van der Waals surface area contributed by atoms with Crippen LogP contribution in [0.5, 0.6) is 0 Å². The molecule has 1 N–H and O–H groups in total. The predicted molar refractivity (Wildman–Crippen MR) is 90.5 cm³/mol. The Balaban J connectivity index is 2.26. The maximum absolute atomic E-state index is 13.2. The maximum Gasteiger partial charge on any atom is 0.124 e. The highest BCUT2D eigenvalue weighted by Gasteiger charge is 2.16. The van der Waals surface area contributed by atoms with E-state index in [0.29, 0.717) is 5.02 Å². The van der Waals surface area contributed by atoms with Crippen molar-refractivity contribution < 1.29 is 4.39 Å². The fourth-order valence-corrected chi connectivity index (χ4v) is 3.22. The summed E-state index contributed by atoms with van der Waals surface area (Å²) >= 11 is 9.77. The standard InChI is InChI=1S/C17H18BrClFN/c1-2-21-11-13(15-5-3-4-6-16(15)18)9-12-7-8-14(20)10-17(12)19/h3-8,10,13,21H,2,9,11H2,1H3. The first-order valence-electron chi connectivity index (χ1n) is 7.01. The van der Waals surface area contributed by atoms with Gasteiger partial charge in [-0.3, -0.25) is 0 Å². The SMILES string of the molecule is CCNCC(Cc1ccc(F)cc1Cl)c1ccccc1Br. The number of benzene rings is 2. The number of hydrogen-bond donors (Lipinski definition) is 1. The van der Waals surface area contributed by atoms with E-state index in [0.717, 1.165) is 29.5 Å². The van der Waals surface area contributed by atoms with E-state index in [1.807, 2.05) is 18.2 Å². The van der Waals surface area contributed by atoms with E-state index in [2.05, 4.69) is 34.2 Å². The second-order valence-electron chi connectivity index (χ2n) is 4.97. The molecular formula is C17H18BrClFN. The Morgan fingerprint density at radius 2 is 2.00 bits per heavy atom. The highest BCUT2D eigenvalue weighted by molar-refractivity contribution is 9.10. The zero-order valence-electron chi connectivity index (χ0n) is 11.9. The van der Waals surface area contributed by atoms with E-state index in [9.17, 15) is 4.39 Å². The maximum atomic E-state index is 13.2. The summed E-state index contributed by atoms with van der Waals surface area (Å²) < 4.78 is 14.3. The Bertz CT molecular complexity index is 603. The van der Waals surface area contributed by atoms with Gasteiger partial charge in [0.05, 0.1) is 0 Å². The third kappa shape index (κ3) is 4.53. The zero-order chi connectivity index (χ0) is 15.2. The van der Waals surface area contributed by atoms with E-state index in [-0.39, 0.29) is 11.7 Å². The summed E-state index contributed by atoms with van der Waals surface area (Å²) in [5.41, 5.74) is 2.20. The van der Waals surface area contributed by atoms with Crippen molar-refractivity contribution in [2.75, 3.05) is 13.1 Å². The molecule has 1 unspecified atom stereocenters. The van der Waals surface area contributed by atoms with Gasteiger partial charge < -0.3 is 5.32 Å². The van der Waals surface area contributed by atoms with E-state index < -0.39 is 0 Å². The summed E-state index contributed by atoms with van der Waals surface area (Å²) in [5, 5.41) is 3.88. The minimum atomic E-state index is -0.298. The fourth-order valence-electron chi connectivity index (χ4n) is 2.37. The van der Waals surface area contributed by atoms with Crippen LogP contribution >= 0.6 is 27.5 Å². The van der Waals surface area contributed by atoms with Gasteiger partial charge in [0.25, 0.3) is 0 Å². The lowest BCUT2D eigenvalue weighted by Crippen LogP contribution is -2.23. The summed E-state index contributed by atoms with van der Waals surface area (Å²) in [5.74, 6) is -0.0173. The van der Waals surface area contributed by atoms with Gasteiger partial charge in [-0.1, -0.05) is 58.7 Å². The lowest BCUT2D eigenvalue weighted by molar-refractivity contribution is 0.591. The molecule has 1 nitrogen and oxygen atoms in total. The van der Waals surface area contributed by atoms with Crippen molar-refractivity contribution in [1.29, 1.82) is 0 Å². The fraction of sp³-hybridized carbons (Fsp3) is 0.294.